The molecule has 1 N–H and O–H groups in total. The highest BCUT2D eigenvalue weighted by Gasteiger charge is 2.48. The van der Waals surface area contributed by atoms with Crippen molar-refractivity contribution in [2.24, 2.45) is 5.92 Å². The van der Waals surface area contributed by atoms with E-state index < -0.39 is 0 Å². The molecule has 2 fully saturated rings. The summed E-state index contributed by atoms with van der Waals surface area (Å²) in [6, 6.07) is 7.37. The number of halogens is 1. The van der Waals surface area contributed by atoms with Gasteiger partial charge in [0.15, 0.2) is 0 Å². The molecule has 1 aliphatic heterocycles. The first-order valence-corrected chi connectivity index (χ1v) is 7.84. The largest absolute Gasteiger partial charge is 0.353 e. The molecule has 0 aromatic heterocycles. The highest BCUT2D eigenvalue weighted by Crippen LogP contribution is 2.50. The Morgan fingerprint density at radius 1 is 1.43 bits per heavy atom. The average molecular weight is 307 g/mol. The van der Waals surface area contributed by atoms with Gasteiger partial charge in [-0.2, -0.15) is 0 Å². The van der Waals surface area contributed by atoms with Gasteiger partial charge in [-0.05, 0) is 30.4 Å². The van der Waals surface area contributed by atoms with Crippen LogP contribution in [0, 0.1) is 5.92 Å². The number of benzene rings is 1. The molecule has 3 rings (SSSR count). The fourth-order valence-electron chi connectivity index (χ4n) is 3.18. The Balaban J connectivity index is 1.73. The minimum atomic E-state index is -0.321. The quantitative estimate of drug-likeness (QED) is 0.930. The number of carbonyl (C=O) groups is 2. The maximum Gasteiger partial charge on any atom is 0.242 e. The fourth-order valence-corrected chi connectivity index (χ4v) is 3.46. The molecule has 1 saturated heterocycles. The number of carbonyl (C=O) groups excluding carboxylic acids is 2. The third-order valence-corrected chi connectivity index (χ3v) is 4.76. The van der Waals surface area contributed by atoms with Crippen molar-refractivity contribution in [1.82, 2.24) is 10.2 Å². The maximum absolute atomic E-state index is 12.7. The van der Waals surface area contributed by atoms with Crippen LogP contribution in [0.5, 0.6) is 0 Å². The number of piperazine rings is 1. The summed E-state index contributed by atoms with van der Waals surface area (Å²) in [5.41, 5.74) is 1.05. The van der Waals surface area contributed by atoms with E-state index in [-0.39, 0.29) is 29.7 Å². The minimum absolute atomic E-state index is 0.0233. The normalized spacial score (nSPS) is 28.2. The fraction of sp³-hybridized carbons (Fsp3) is 0.500. The van der Waals surface area contributed by atoms with Crippen LogP contribution in [0.2, 0.25) is 5.02 Å². The summed E-state index contributed by atoms with van der Waals surface area (Å²) in [5.74, 6) is 0.243. The molecule has 112 valence electrons. The van der Waals surface area contributed by atoms with E-state index in [9.17, 15) is 9.59 Å². The van der Waals surface area contributed by atoms with Crippen LogP contribution in [-0.4, -0.2) is 35.8 Å². The molecule has 3 atom stereocenters. The topological polar surface area (TPSA) is 49.4 Å². The lowest BCUT2D eigenvalue weighted by Crippen LogP contribution is -2.57. The van der Waals surface area contributed by atoms with Crippen molar-refractivity contribution < 1.29 is 9.59 Å². The maximum atomic E-state index is 12.7. The van der Waals surface area contributed by atoms with Crippen LogP contribution in [0.15, 0.2) is 24.3 Å². The van der Waals surface area contributed by atoms with Crippen molar-refractivity contribution >= 4 is 23.4 Å². The van der Waals surface area contributed by atoms with Gasteiger partial charge in [-0.1, -0.05) is 36.7 Å². The van der Waals surface area contributed by atoms with E-state index in [0.29, 0.717) is 19.5 Å². The van der Waals surface area contributed by atoms with Crippen LogP contribution in [0.1, 0.15) is 31.2 Å². The van der Waals surface area contributed by atoms with E-state index in [1.54, 1.807) is 4.90 Å². The first kappa shape index (κ1) is 14.4. The summed E-state index contributed by atoms with van der Waals surface area (Å²) in [5, 5.41) is 3.55. The lowest BCUT2D eigenvalue weighted by Gasteiger charge is -2.34. The lowest BCUT2D eigenvalue weighted by atomic mass is 10.1. The molecule has 0 spiro atoms. The first-order valence-electron chi connectivity index (χ1n) is 7.46. The van der Waals surface area contributed by atoms with Gasteiger partial charge in [0, 0.05) is 24.0 Å². The van der Waals surface area contributed by atoms with Gasteiger partial charge in [0.2, 0.25) is 11.8 Å². The summed E-state index contributed by atoms with van der Waals surface area (Å²) >= 11 is 6.21. The Morgan fingerprint density at radius 2 is 2.19 bits per heavy atom. The third-order valence-electron chi connectivity index (χ3n) is 4.41. The van der Waals surface area contributed by atoms with Crippen molar-refractivity contribution in [3.05, 3.63) is 34.9 Å². The third kappa shape index (κ3) is 2.64. The summed E-state index contributed by atoms with van der Waals surface area (Å²) in [6.45, 7) is 3.09. The van der Waals surface area contributed by atoms with Gasteiger partial charge in [0.1, 0.15) is 6.04 Å². The van der Waals surface area contributed by atoms with Crippen molar-refractivity contribution in [3.63, 3.8) is 0 Å². The number of hydrogen-bond donors (Lipinski definition) is 1. The van der Waals surface area contributed by atoms with Gasteiger partial charge in [0.05, 0.1) is 0 Å². The number of rotatable bonds is 3. The highest BCUT2D eigenvalue weighted by molar-refractivity contribution is 6.31. The molecule has 0 radical (unpaired) electrons. The SMILES string of the molecule is CCC1C(=O)NCCN1C(=O)C1CC1c1ccccc1Cl. The summed E-state index contributed by atoms with van der Waals surface area (Å²) < 4.78 is 0. The predicted molar refractivity (Wildman–Crippen MR) is 81.1 cm³/mol. The predicted octanol–water partition coefficient (Wildman–Crippen LogP) is 2.18. The summed E-state index contributed by atoms with van der Waals surface area (Å²) in [6.07, 6.45) is 1.48. The second-order valence-electron chi connectivity index (χ2n) is 5.72. The second kappa shape index (κ2) is 5.68. The van der Waals surface area contributed by atoms with Crippen LogP contribution in [0.25, 0.3) is 0 Å². The number of amides is 2. The number of nitrogens with zero attached hydrogens (tertiary/aromatic N) is 1. The van der Waals surface area contributed by atoms with Crippen molar-refractivity contribution in [2.45, 2.75) is 31.7 Å². The van der Waals surface area contributed by atoms with Crippen LogP contribution >= 0.6 is 11.6 Å². The number of nitrogens with one attached hydrogen (secondary N) is 1. The molecule has 1 aromatic rings. The smallest absolute Gasteiger partial charge is 0.242 e. The van der Waals surface area contributed by atoms with E-state index in [1.807, 2.05) is 31.2 Å². The van der Waals surface area contributed by atoms with Crippen molar-refractivity contribution in [2.75, 3.05) is 13.1 Å². The molecule has 1 aliphatic carbocycles. The summed E-state index contributed by atoms with van der Waals surface area (Å²) in [4.78, 5) is 26.3. The summed E-state index contributed by atoms with van der Waals surface area (Å²) in [7, 11) is 0. The number of hydrogen-bond acceptors (Lipinski definition) is 2. The molecule has 1 aromatic carbocycles. The van der Waals surface area contributed by atoms with Gasteiger partial charge in [-0.15, -0.1) is 0 Å². The van der Waals surface area contributed by atoms with E-state index in [0.717, 1.165) is 17.0 Å². The Bertz CT molecular complexity index is 575. The zero-order valence-corrected chi connectivity index (χ0v) is 12.8. The van der Waals surface area contributed by atoms with E-state index in [2.05, 4.69) is 5.32 Å². The van der Waals surface area contributed by atoms with Crippen molar-refractivity contribution in [1.29, 1.82) is 0 Å². The van der Waals surface area contributed by atoms with E-state index in [4.69, 9.17) is 11.6 Å². The second-order valence-corrected chi connectivity index (χ2v) is 6.12. The molecular formula is C16H19ClN2O2. The Kier molecular flexibility index (Phi) is 3.89. The zero-order chi connectivity index (χ0) is 15.0. The van der Waals surface area contributed by atoms with Gasteiger partial charge >= 0.3 is 0 Å². The van der Waals surface area contributed by atoms with Crippen LogP contribution < -0.4 is 5.32 Å². The van der Waals surface area contributed by atoms with Crippen molar-refractivity contribution in [3.8, 4) is 0 Å². The molecule has 4 nitrogen and oxygen atoms in total. The molecule has 2 amide bonds. The monoisotopic (exact) mass is 306 g/mol. The van der Waals surface area contributed by atoms with Crippen LogP contribution in [0.3, 0.4) is 0 Å². The molecule has 1 saturated carbocycles. The molecule has 0 bridgehead atoms. The van der Waals surface area contributed by atoms with Gasteiger partial charge < -0.3 is 10.2 Å². The minimum Gasteiger partial charge on any atom is -0.353 e. The van der Waals surface area contributed by atoms with Gasteiger partial charge in [-0.3, -0.25) is 9.59 Å². The first-order chi connectivity index (χ1) is 10.1. The highest BCUT2D eigenvalue weighted by atomic mass is 35.5. The zero-order valence-electron chi connectivity index (χ0n) is 12.0. The van der Waals surface area contributed by atoms with Crippen LogP contribution in [-0.2, 0) is 9.59 Å². The molecular weight excluding hydrogens is 288 g/mol. The molecule has 3 unspecified atom stereocenters. The Morgan fingerprint density at radius 3 is 2.90 bits per heavy atom. The Hall–Kier alpha value is -1.55. The molecule has 1 heterocycles. The molecule has 21 heavy (non-hydrogen) atoms. The molecule has 2 aliphatic rings. The van der Waals surface area contributed by atoms with Crippen LogP contribution in [0.4, 0.5) is 0 Å². The Labute approximate surface area is 129 Å². The van der Waals surface area contributed by atoms with Gasteiger partial charge in [0.25, 0.3) is 0 Å². The molecule has 5 heteroatoms. The van der Waals surface area contributed by atoms with Gasteiger partial charge in [-0.25, -0.2) is 0 Å². The standard InChI is InChI=1S/C16H19ClN2O2/c1-2-14-15(20)18-7-8-19(14)16(21)12-9-11(12)10-5-3-4-6-13(10)17/h3-6,11-12,14H,2,7-9H2,1H3,(H,18,20). The van der Waals surface area contributed by atoms with E-state index in [1.165, 1.54) is 0 Å². The lowest BCUT2D eigenvalue weighted by molar-refractivity contribution is -0.144. The van der Waals surface area contributed by atoms with E-state index >= 15 is 0 Å². The average Bonchev–Trinajstić information content (AvgIpc) is 3.27.